The lowest BCUT2D eigenvalue weighted by Gasteiger charge is -2.04. The zero-order valence-electron chi connectivity index (χ0n) is 12.5. The molecule has 3 aromatic rings. The van der Waals surface area contributed by atoms with Crippen molar-refractivity contribution in [2.24, 2.45) is 0 Å². The monoisotopic (exact) mass is 308 g/mol. The number of nitrogens with zero attached hydrogens (tertiary/aromatic N) is 3. The topological polar surface area (TPSA) is 88.2 Å². The van der Waals surface area contributed by atoms with E-state index in [1.165, 1.54) is 13.2 Å². The molecule has 7 heteroatoms. The molecule has 0 bridgehead atoms. The van der Waals surface area contributed by atoms with Gasteiger partial charge in [-0.05, 0) is 24.3 Å². The molecule has 2 amide bonds. The summed E-state index contributed by atoms with van der Waals surface area (Å²) in [5.41, 5.74) is 2.55. The van der Waals surface area contributed by atoms with Crippen LogP contribution < -0.4 is 4.74 Å². The van der Waals surface area contributed by atoms with E-state index >= 15 is 0 Å². The molecule has 7 nitrogen and oxygen atoms in total. The van der Waals surface area contributed by atoms with Crippen molar-refractivity contribution in [3.8, 4) is 17.0 Å². The van der Waals surface area contributed by atoms with E-state index in [9.17, 15) is 9.59 Å². The lowest BCUT2D eigenvalue weighted by Crippen LogP contribution is -2.24. The van der Waals surface area contributed by atoms with Crippen LogP contribution in [0.25, 0.3) is 22.3 Å². The number of aromatic amines is 1. The fourth-order valence-corrected chi connectivity index (χ4v) is 2.78. The molecule has 0 fully saturated rings. The Morgan fingerprint density at radius 2 is 1.87 bits per heavy atom. The zero-order valence-corrected chi connectivity index (χ0v) is 12.5. The molecule has 0 saturated heterocycles. The maximum absolute atomic E-state index is 12.4. The van der Waals surface area contributed by atoms with Crippen molar-refractivity contribution in [2.45, 2.75) is 0 Å². The molecule has 0 saturated carbocycles. The number of methoxy groups -OCH3 is 1. The number of hydrogen-bond acceptors (Lipinski definition) is 5. The van der Waals surface area contributed by atoms with E-state index in [0.29, 0.717) is 27.9 Å². The smallest absolute Gasteiger partial charge is 0.262 e. The third kappa shape index (κ3) is 1.76. The first kappa shape index (κ1) is 13.4. The molecule has 1 aliphatic rings. The largest absolute Gasteiger partial charge is 0.497 e. The Morgan fingerprint density at radius 1 is 1.13 bits per heavy atom. The highest BCUT2D eigenvalue weighted by Gasteiger charge is 2.36. The summed E-state index contributed by atoms with van der Waals surface area (Å²) in [6.45, 7) is 0. The fourth-order valence-electron chi connectivity index (χ4n) is 2.78. The standard InChI is InChI=1S/C16H12N4O3/c1-20-15(21)10-7-17-14-12(11(10)16(20)22)13(18-19-14)8-3-5-9(23-2)6-4-8/h3-7H,1-2H3,(H,17,18,19). The van der Waals surface area contributed by atoms with Gasteiger partial charge in [0, 0.05) is 18.8 Å². The van der Waals surface area contributed by atoms with Crippen molar-refractivity contribution in [1.82, 2.24) is 20.1 Å². The quantitative estimate of drug-likeness (QED) is 0.730. The second-order valence-corrected chi connectivity index (χ2v) is 5.24. The van der Waals surface area contributed by atoms with Crippen LogP contribution in [0.1, 0.15) is 20.7 Å². The fraction of sp³-hybridized carbons (Fsp3) is 0.125. The van der Waals surface area contributed by atoms with Crippen LogP contribution >= 0.6 is 0 Å². The molecule has 2 aromatic heterocycles. The third-order valence-corrected chi connectivity index (χ3v) is 4.01. The molecule has 23 heavy (non-hydrogen) atoms. The molecule has 0 atom stereocenters. The molecular weight excluding hydrogens is 296 g/mol. The highest BCUT2D eigenvalue weighted by atomic mass is 16.5. The van der Waals surface area contributed by atoms with Crippen molar-refractivity contribution in [3.05, 3.63) is 41.6 Å². The number of rotatable bonds is 2. The van der Waals surface area contributed by atoms with Crippen molar-refractivity contribution in [3.63, 3.8) is 0 Å². The predicted molar refractivity (Wildman–Crippen MR) is 82.3 cm³/mol. The number of carbonyl (C=O) groups excluding carboxylic acids is 2. The van der Waals surface area contributed by atoms with E-state index in [0.717, 1.165) is 16.2 Å². The summed E-state index contributed by atoms with van der Waals surface area (Å²) in [5.74, 6) is 0.0433. The lowest BCUT2D eigenvalue weighted by atomic mass is 10.0. The number of hydrogen-bond donors (Lipinski definition) is 1. The summed E-state index contributed by atoms with van der Waals surface area (Å²) in [7, 11) is 3.06. The van der Waals surface area contributed by atoms with Crippen molar-refractivity contribution in [2.75, 3.05) is 14.2 Å². The van der Waals surface area contributed by atoms with Crippen LogP contribution in [0, 0.1) is 0 Å². The van der Waals surface area contributed by atoms with Gasteiger partial charge in [0.25, 0.3) is 11.8 Å². The van der Waals surface area contributed by atoms with Crippen LogP contribution in [0.5, 0.6) is 5.75 Å². The van der Waals surface area contributed by atoms with Crippen LogP contribution in [0.15, 0.2) is 30.5 Å². The van der Waals surface area contributed by atoms with Crippen LogP contribution in [0.3, 0.4) is 0 Å². The number of nitrogens with one attached hydrogen (secondary N) is 1. The van der Waals surface area contributed by atoms with Crippen LogP contribution in [-0.4, -0.2) is 46.1 Å². The van der Waals surface area contributed by atoms with Gasteiger partial charge >= 0.3 is 0 Å². The number of ether oxygens (including phenoxy) is 1. The van der Waals surface area contributed by atoms with Crippen LogP contribution in [0.4, 0.5) is 0 Å². The second-order valence-electron chi connectivity index (χ2n) is 5.24. The molecular formula is C16H12N4O3. The molecule has 3 heterocycles. The Kier molecular flexibility index (Phi) is 2.71. The van der Waals surface area contributed by atoms with E-state index in [-0.39, 0.29) is 11.8 Å². The number of aromatic nitrogens is 3. The summed E-state index contributed by atoms with van der Waals surface area (Å²) >= 11 is 0. The van der Waals surface area contributed by atoms with Gasteiger partial charge in [-0.2, -0.15) is 5.10 Å². The SMILES string of the molecule is COc1ccc(-c2[nH]nc3ncc4c(c23)C(=O)N(C)C4=O)cc1. The number of benzene rings is 1. The first-order valence-electron chi connectivity index (χ1n) is 6.95. The molecule has 1 N–H and O–H groups in total. The van der Waals surface area contributed by atoms with Gasteiger partial charge in [-0.15, -0.1) is 0 Å². The van der Waals surface area contributed by atoms with Gasteiger partial charge in [-0.3, -0.25) is 19.6 Å². The predicted octanol–water partition coefficient (Wildman–Crippen LogP) is 1.86. The summed E-state index contributed by atoms with van der Waals surface area (Å²) in [6, 6.07) is 7.35. The zero-order chi connectivity index (χ0) is 16.1. The summed E-state index contributed by atoms with van der Waals surface area (Å²) in [4.78, 5) is 29.8. The molecule has 114 valence electrons. The maximum Gasteiger partial charge on any atom is 0.262 e. The highest BCUT2D eigenvalue weighted by molar-refractivity contribution is 6.27. The number of imide groups is 1. The Morgan fingerprint density at radius 3 is 2.57 bits per heavy atom. The number of H-pyrrole nitrogens is 1. The number of pyridine rings is 1. The Bertz CT molecular complexity index is 959. The first-order valence-corrected chi connectivity index (χ1v) is 6.95. The Balaban J connectivity index is 1.99. The van der Waals surface area contributed by atoms with E-state index in [4.69, 9.17) is 4.74 Å². The van der Waals surface area contributed by atoms with Crippen molar-refractivity contribution in [1.29, 1.82) is 0 Å². The average Bonchev–Trinajstić information content (AvgIpc) is 3.11. The van der Waals surface area contributed by atoms with Crippen LogP contribution in [-0.2, 0) is 0 Å². The van der Waals surface area contributed by atoms with Gasteiger partial charge < -0.3 is 4.74 Å². The summed E-state index contributed by atoms with van der Waals surface area (Å²) in [6.07, 6.45) is 1.40. The molecule has 0 spiro atoms. The highest BCUT2D eigenvalue weighted by Crippen LogP contribution is 2.34. The molecule has 0 radical (unpaired) electrons. The lowest BCUT2D eigenvalue weighted by molar-refractivity contribution is 0.0693. The second kappa shape index (κ2) is 4.64. The van der Waals surface area contributed by atoms with Gasteiger partial charge in [-0.1, -0.05) is 0 Å². The van der Waals surface area contributed by atoms with Crippen molar-refractivity contribution >= 4 is 22.8 Å². The van der Waals surface area contributed by atoms with Crippen LogP contribution in [0.2, 0.25) is 0 Å². The van der Waals surface area contributed by atoms with Gasteiger partial charge in [0.15, 0.2) is 5.65 Å². The molecule has 1 aliphatic heterocycles. The van der Waals surface area contributed by atoms with E-state index in [1.54, 1.807) is 7.11 Å². The van der Waals surface area contributed by atoms with Crippen molar-refractivity contribution < 1.29 is 14.3 Å². The van der Waals surface area contributed by atoms with E-state index < -0.39 is 0 Å². The van der Waals surface area contributed by atoms with E-state index in [1.807, 2.05) is 24.3 Å². The third-order valence-electron chi connectivity index (χ3n) is 4.01. The minimum absolute atomic E-state index is 0.307. The molecule has 1 aromatic carbocycles. The normalized spacial score (nSPS) is 13.7. The summed E-state index contributed by atoms with van der Waals surface area (Å²) in [5, 5.41) is 7.63. The number of carbonyl (C=O) groups is 2. The number of amides is 2. The maximum atomic E-state index is 12.4. The van der Waals surface area contributed by atoms with Gasteiger partial charge in [-0.25, -0.2) is 4.98 Å². The minimum Gasteiger partial charge on any atom is -0.497 e. The van der Waals surface area contributed by atoms with Gasteiger partial charge in [0.1, 0.15) is 5.75 Å². The average molecular weight is 308 g/mol. The Hall–Kier alpha value is -3.22. The molecule has 0 unspecified atom stereocenters. The minimum atomic E-state index is -0.346. The first-order chi connectivity index (χ1) is 11.1. The molecule has 4 rings (SSSR count). The van der Waals surface area contributed by atoms with Gasteiger partial charge in [0.2, 0.25) is 0 Å². The van der Waals surface area contributed by atoms with Gasteiger partial charge in [0.05, 0.1) is 29.3 Å². The number of fused-ring (bicyclic) bond motifs is 3. The van der Waals surface area contributed by atoms with E-state index in [2.05, 4.69) is 15.2 Å². The molecule has 0 aliphatic carbocycles. The summed E-state index contributed by atoms with van der Waals surface area (Å²) < 4.78 is 5.15. The Labute approximate surface area is 130 Å².